The van der Waals surface area contributed by atoms with Crippen molar-refractivity contribution in [2.75, 3.05) is 0 Å². The number of aryl methyl sites for hydroxylation is 1. The molecule has 2 heterocycles. The molecule has 0 spiro atoms. The Balaban J connectivity index is 1.73. The third kappa shape index (κ3) is 3.96. The Morgan fingerprint density at radius 3 is 3.00 bits per heavy atom. The molecule has 2 aromatic heterocycles. The summed E-state index contributed by atoms with van der Waals surface area (Å²) in [5.41, 5.74) is -0.0694. The zero-order chi connectivity index (χ0) is 13.7. The molecule has 1 unspecified atom stereocenters. The molecule has 0 saturated carbocycles. The van der Waals surface area contributed by atoms with Crippen molar-refractivity contribution in [2.24, 2.45) is 0 Å². The number of carbonyl (C=O) groups is 1. The second-order valence-electron chi connectivity index (χ2n) is 4.38. The molecule has 2 N–H and O–H groups in total. The highest BCUT2D eigenvalue weighted by Crippen LogP contribution is 2.07. The first-order valence-corrected chi connectivity index (χ1v) is 6.10. The molecule has 0 aromatic carbocycles. The minimum Gasteiger partial charge on any atom is -0.476 e. The van der Waals surface area contributed by atoms with E-state index in [1.165, 1.54) is 6.07 Å². The van der Waals surface area contributed by atoms with Gasteiger partial charge in [0, 0.05) is 18.5 Å². The molecule has 2 rings (SSSR count). The second-order valence-corrected chi connectivity index (χ2v) is 4.38. The summed E-state index contributed by atoms with van der Waals surface area (Å²) in [6.45, 7) is 2.51. The summed E-state index contributed by atoms with van der Waals surface area (Å²) >= 11 is 0. The van der Waals surface area contributed by atoms with E-state index >= 15 is 0 Å². The molecule has 6 nitrogen and oxygen atoms in total. The van der Waals surface area contributed by atoms with E-state index in [-0.39, 0.29) is 11.7 Å². The van der Waals surface area contributed by atoms with Gasteiger partial charge >= 0.3 is 5.97 Å². The number of furan rings is 1. The van der Waals surface area contributed by atoms with Crippen molar-refractivity contribution in [1.82, 2.24) is 10.5 Å². The fourth-order valence-corrected chi connectivity index (χ4v) is 1.69. The molecule has 0 bridgehead atoms. The Kier molecular flexibility index (Phi) is 4.35. The van der Waals surface area contributed by atoms with E-state index in [1.807, 2.05) is 12.1 Å². The molecule has 0 radical (unpaired) electrons. The van der Waals surface area contributed by atoms with E-state index in [0.29, 0.717) is 12.3 Å². The number of rotatable bonds is 7. The van der Waals surface area contributed by atoms with Crippen molar-refractivity contribution in [3.63, 3.8) is 0 Å². The Labute approximate surface area is 110 Å². The fourth-order valence-electron chi connectivity index (χ4n) is 1.69. The minimum atomic E-state index is -1.08. The van der Waals surface area contributed by atoms with Crippen LogP contribution in [0.25, 0.3) is 0 Å². The summed E-state index contributed by atoms with van der Waals surface area (Å²) in [4.78, 5) is 10.6. The average Bonchev–Trinajstić information content (AvgIpc) is 3.05. The molecule has 0 aliphatic carbocycles. The molecular formula is C13H16N2O4. The minimum absolute atomic E-state index is 0.0694. The summed E-state index contributed by atoms with van der Waals surface area (Å²) in [5, 5.41) is 15.4. The highest BCUT2D eigenvalue weighted by atomic mass is 16.5. The van der Waals surface area contributed by atoms with E-state index < -0.39 is 5.97 Å². The maximum Gasteiger partial charge on any atom is 0.358 e. The van der Waals surface area contributed by atoms with Crippen LogP contribution in [0.15, 0.2) is 33.4 Å². The molecule has 102 valence electrons. The van der Waals surface area contributed by atoms with E-state index in [2.05, 4.69) is 17.4 Å². The molecule has 19 heavy (non-hydrogen) atoms. The van der Waals surface area contributed by atoms with Crippen molar-refractivity contribution >= 4 is 5.97 Å². The van der Waals surface area contributed by atoms with Crippen LogP contribution in [-0.2, 0) is 13.0 Å². The molecular weight excluding hydrogens is 248 g/mol. The lowest BCUT2D eigenvalue weighted by Gasteiger charge is -2.11. The topological polar surface area (TPSA) is 88.5 Å². The van der Waals surface area contributed by atoms with Crippen LogP contribution in [0.1, 0.15) is 35.4 Å². The van der Waals surface area contributed by atoms with Crippen LogP contribution in [0.2, 0.25) is 0 Å². The molecule has 1 atom stereocenters. The van der Waals surface area contributed by atoms with Gasteiger partial charge in [0.2, 0.25) is 0 Å². The Morgan fingerprint density at radius 1 is 1.53 bits per heavy atom. The predicted octanol–water partition coefficient (Wildman–Crippen LogP) is 2.08. The lowest BCUT2D eigenvalue weighted by molar-refractivity contribution is 0.0685. The number of nitrogens with zero attached hydrogens (tertiary/aromatic N) is 1. The summed E-state index contributed by atoms with van der Waals surface area (Å²) in [7, 11) is 0. The third-order valence-corrected chi connectivity index (χ3v) is 2.81. The van der Waals surface area contributed by atoms with Gasteiger partial charge in [-0.3, -0.25) is 0 Å². The van der Waals surface area contributed by atoms with E-state index in [1.54, 1.807) is 6.26 Å². The van der Waals surface area contributed by atoms with Gasteiger partial charge < -0.3 is 19.4 Å². The lowest BCUT2D eigenvalue weighted by atomic mass is 10.1. The summed E-state index contributed by atoms with van der Waals surface area (Å²) in [5.74, 6) is 0.393. The number of aromatic nitrogens is 1. The zero-order valence-corrected chi connectivity index (χ0v) is 10.6. The largest absolute Gasteiger partial charge is 0.476 e. The number of carboxylic acids is 1. The van der Waals surface area contributed by atoms with Crippen LogP contribution >= 0.6 is 0 Å². The summed E-state index contributed by atoms with van der Waals surface area (Å²) in [6.07, 6.45) is 3.45. The predicted molar refractivity (Wildman–Crippen MR) is 66.8 cm³/mol. The molecule has 6 heteroatoms. The standard InChI is InChI=1S/C13H16N2O4/c1-9(4-5-10-3-2-6-18-10)14-8-11-7-12(13(16)17)15-19-11/h2-3,6-7,9,14H,4-5,8H2,1H3,(H,16,17). The van der Waals surface area contributed by atoms with Crippen molar-refractivity contribution in [3.8, 4) is 0 Å². The zero-order valence-electron chi connectivity index (χ0n) is 10.6. The van der Waals surface area contributed by atoms with Crippen LogP contribution < -0.4 is 5.32 Å². The number of hydrogen-bond acceptors (Lipinski definition) is 5. The third-order valence-electron chi connectivity index (χ3n) is 2.81. The van der Waals surface area contributed by atoms with Crippen molar-refractivity contribution in [3.05, 3.63) is 41.7 Å². The molecule has 0 aliphatic rings. The van der Waals surface area contributed by atoms with Crippen molar-refractivity contribution in [1.29, 1.82) is 0 Å². The fraction of sp³-hybridized carbons (Fsp3) is 0.385. The van der Waals surface area contributed by atoms with Crippen LogP contribution in [-0.4, -0.2) is 22.3 Å². The van der Waals surface area contributed by atoms with Gasteiger partial charge in [-0.2, -0.15) is 0 Å². The highest BCUT2D eigenvalue weighted by Gasteiger charge is 2.11. The van der Waals surface area contributed by atoms with Gasteiger partial charge in [-0.15, -0.1) is 0 Å². The quantitative estimate of drug-likeness (QED) is 0.796. The SMILES string of the molecule is CC(CCc1ccco1)NCc1cc(C(=O)O)no1. The Morgan fingerprint density at radius 2 is 2.37 bits per heavy atom. The Bertz CT molecular complexity index is 518. The monoisotopic (exact) mass is 264 g/mol. The number of nitrogens with one attached hydrogen (secondary N) is 1. The van der Waals surface area contributed by atoms with E-state index in [9.17, 15) is 4.79 Å². The van der Waals surface area contributed by atoms with Crippen LogP contribution in [0.4, 0.5) is 0 Å². The normalized spacial score (nSPS) is 12.5. The number of hydrogen-bond donors (Lipinski definition) is 2. The van der Waals surface area contributed by atoms with Gasteiger partial charge in [0.1, 0.15) is 5.76 Å². The van der Waals surface area contributed by atoms with Crippen LogP contribution in [0.5, 0.6) is 0 Å². The molecule has 2 aromatic rings. The van der Waals surface area contributed by atoms with Crippen molar-refractivity contribution < 1.29 is 18.8 Å². The molecule has 0 saturated heterocycles. The second kappa shape index (κ2) is 6.19. The molecule has 0 fully saturated rings. The molecule has 0 aliphatic heterocycles. The van der Waals surface area contributed by atoms with Crippen molar-refractivity contribution in [2.45, 2.75) is 32.4 Å². The van der Waals surface area contributed by atoms with Gasteiger partial charge in [0.15, 0.2) is 11.5 Å². The lowest BCUT2D eigenvalue weighted by Crippen LogP contribution is -2.25. The first-order chi connectivity index (χ1) is 9.15. The number of carboxylic acid groups (broad SMARTS) is 1. The maximum absolute atomic E-state index is 10.6. The summed E-state index contributed by atoms with van der Waals surface area (Å²) < 4.78 is 10.2. The van der Waals surface area contributed by atoms with Gasteiger partial charge in [-0.1, -0.05) is 5.16 Å². The first-order valence-electron chi connectivity index (χ1n) is 6.10. The average molecular weight is 264 g/mol. The highest BCUT2D eigenvalue weighted by molar-refractivity contribution is 5.85. The van der Waals surface area contributed by atoms with Gasteiger partial charge in [0.05, 0.1) is 12.8 Å². The van der Waals surface area contributed by atoms with Gasteiger partial charge in [-0.25, -0.2) is 4.79 Å². The van der Waals surface area contributed by atoms with E-state index in [0.717, 1.165) is 18.6 Å². The summed E-state index contributed by atoms with van der Waals surface area (Å²) in [6, 6.07) is 5.51. The van der Waals surface area contributed by atoms with Gasteiger partial charge in [-0.05, 0) is 25.5 Å². The smallest absolute Gasteiger partial charge is 0.358 e. The maximum atomic E-state index is 10.6. The molecule has 0 amide bonds. The Hall–Kier alpha value is -2.08. The van der Waals surface area contributed by atoms with Crippen LogP contribution in [0, 0.1) is 0 Å². The van der Waals surface area contributed by atoms with E-state index in [4.69, 9.17) is 14.0 Å². The number of aromatic carboxylic acids is 1. The first kappa shape index (κ1) is 13.4. The van der Waals surface area contributed by atoms with Crippen LogP contribution in [0.3, 0.4) is 0 Å². The van der Waals surface area contributed by atoms with Gasteiger partial charge in [0.25, 0.3) is 0 Å².